The number of halogens is 2. The zero-order valence-corrected chi connectivity index (χ0v) is 11.4. The van der Waals surface area contributed by atoms with Crippen LogP contribution < -0.4 is 0 Å². The summed E-state index contributed by atoms with van der Waals surface area (Å²) in [6, 6.07) is 6.24. The first-order valence-corrected chi connectivity index (χ1v) is 7.99. The van der Waals surface area contributed by atoms with E-state index in [-0.39, 0.29) is 0 Å². The third kappa shape index (κ3) is 2.27. The van der Waals surface area contributed by atoms with Crippen molar-refractivity contribution >= 4 is 41.9 Å². The van der Waals surface area contributed by atoms with Gasteiger partial charge in [-0.15, -0.1) is 0 Å². The van der Waals surface area contributed by atoms with Gasteiger partial charge in [0.2, 0.25) is 0 Å². The highest BCUT2D eigenvalue weighted by molar-refractivity contribution is 9.11. The van der Waals surface area contributed by atoms with Crippen LogP contribution in [0.1, 0.15) is 0 Å². The van der Waals surface area contributed by atoms with E-state index in [0.29, 0.717) is 0 Å². The summed E-state index contributed by atoms with van der Waals surface area (Å²) in [4.78, 5) is 1.41. The molecule has 0 spiro atoms. The second-order valence-corrected chi connectivity index (χ2v) is 9.18. The third-order valence-electron chi connectivity index (χ3n) is 1.53. The molecule has 0 heterocycles. The monoisotopic (exact) mass is 310 g/mol. The highest BCUT2D eigenvalue weighted by atomic mass is 79.9. The van der Waals surface area contributed by atoms with Crippen molar-refractivity contribution in [3.63, 3.8) is 0 Å². The topological polar surface area (TPSA) is 0 Å². The van der Waals surface area contributed by atoms with E-state index in [9.17, 15) is 0 Å². The van der Waals surface area contributed by atoms with Gasteiger partial charge in [-0.05, 0) is 62.8 Å². The first-order chi connectivity index (χ1) is 5.43. The first-order valence-electron chi connectivity index (χ1n) is 3.55. The van der Waals surface area contributed by atoms with Crippen molar-refractivity contribution < 1.29 is 0 Å². The van der Waals surface area contributed by atoms with E-state index in [1.54, 1.807) is 0 Å². The molecule has 1 rings (SSSR count). The van der Waals surface area contributed by atoms with Crippen LogP contribution in [0.2, 0.25) is 0 Å². The fourth-order valence-electron chi connectivity index (χ4n) is 1.07. The maximum absolute atomic E-state index is 3.57. The summed E-state index contributed by atoms with van der Waals surface area (Å²) < 4.78 is 2.42. The Hall–Kier alpha value is 0.530. The molecule has 68 valence electrons. The lowest BCUT2D eigenvalue weighted by molar-refractivity contribution is 1.34. The minimum atomic E-state index is -0.658. The fraction of sp³-hybridized carbons (Fsp3) is 0.333. The average molecular weight is 312 g/mol. The van der Waals surface area contributed by atoms with Crippen LogP contribution in [0.25, 0.3) is 0 Å². The fourth-order valence-corrected chi connectivity index (χ4v) is 6.29. The summed E-state index contributed by atoms with van der Waals surface area (Å²) in [5.41, 5.74) is 0. The Bertz CT molecular complexity index is 269. The molecule has 0 aliphatic rings. The summed E-state index contributed by atoms with van der Waals surface area (Å²) in [7, 11) is -0.658. The van der Waals surface area contributed by atoms with Gasteiger partial charge in [0.05, 0.1) is 0 Å². The molecule has 0 unspecified atom stereocenters. The Kier molecular flexibility index (Phi) is 3.29. The normalized spacial score (nSPS) is 13.1. The van der Waals surface area contributed by atoms with Gasteiger partial charge in [-0.2, -0.15) is 0 Å². The van der Waals surface area contributed by atoms with Crippen molar-refractivity contribution in [2.45, 2.75) is 4.90 Å². The maximum Gasteiger partial charge on any atom is 0.0307 e. The van der Waals surface area contributed by atoms with Gasteiger partial charge in [0, 0.05) is 13.8 Å². The molecule has 1 aromatic carbocycles. The lowest BCUT2D eigenvalue weighted by Gasteiger charge is -2.28. The zero-order valence-electron chi connectivity index (χ0n) is 7.40. The molecular formula is C9H12Br2S. The highest BCUT2D eigenvalue weighted by Crippen LogP contribution is 2.52. The van der Waals surface area contributed by atoms with Gasteiger partial charge in [0.15, 0.2) is 0 Å². The molecule has 0 amide bonds. The smallest absolute Gasteiger partial charge is 0.0307 e. The lowest BCUT2D eigenvalue weighted by Crippen LogP contribution is -1.95. The van der Waals surface area contributed by atoms with Crippen LogP contribution >= 0.6 is 41.9 Å². The standard InChI is InChI=1S/C9H12Br2S/c1-12(2,3)9-7(10)5-4-6-8(9)11/h4-6H,1-3H3. The molecule has 0 saturated carbocycles. The number of hydrogen-bond acceptors (Lipinski definition) is 0. The minimum Gasteiger partial charge on any atom is -0.221 e. The molecular weight excluding hydrogens is 300 g/mol. The number of rotatable bonds is 1. The Balaban J connectivity index is 3.31. The Morgan fingerprint density at radius 2 is 1.42 bits per heavy atom. The van der Waals surface area contributed by atoms with E-state index >= 15 is 0 Å². The Morgan fingerprint density at radius 1 is 1.00 bits per heavy atom. The van der Waals surface area contributed by atoms with Crippen molar-refractivity contribution in [3.8, 4) is 0 Å². The SMILES string of the molecule is CS(C)(C)c1c(Br)cccc1Br. The second-order valence-electron chi connectivity index (χ2n) is 3.39. The van der Waals surface area contributed by atoms with Gasteiger partial charge in [-0.25, -0.2) is 10.0 Å². The van der Waals surface area contributed by atoms with Gasteiger partial charge >= 0.3 is 0 Å². The first kappa shape index (κ1) is 10.6. The minimum absolute atomic E-state index is 0.658. The average Bonchev–Trinajstić information content (AvgIpc) is 1.82. The summed E-state index contributed by atoms with van der Waals surface area (Å²) in [5, 5.41) is 0. The van der Waals surface area contributed by atoms with E-state index in [1.165, 1.54) is 13.8 Å². The van der Waals surface area contributed by atoms with E-state index in [2.05, 4.69) is 62.8 Å². The maximum atomic E-state index is 3.57. The molecule has 0 aliphatic carbocycles. The number of benzene rings is 1. The van der Waals surface area contributed by atoms with E-state index in [4.69, 9.17) is 0 Å². The van der Waals surface area contributed by atoms with Crippen LogP contribution in [0.15, 0.2) is 32.0 Å². The Labute approximate surface area is 92.3 Å². The molecule has 12 heavy (non-hydrogen) atoms. The second kappa shape index (κ2) is 3.72. The van der Waals surface area contributed by atoms with Crippen molar-refractivity contribution in [1.82, 2.24) is 0 Å². The molecule has 0 N–H and O–H groups in total. The molecule has 0 bridgehead atoms. The molecule has 3 heteroatoms. The van der Waals surface area contributed by atoms with Gasteiger partial charge in [-0.3, -0.25) is 0 Å². The molecule has 0 radical (unpaired) electrons. The summed E-state index contributed by atoms with van der Waals surface area (Å²) in [6.07, 6.45) is 6.87. The molecule has 0 saturated heterocycles. The molecule has 0 aromatic heterocycles. The van der Waals surface area contributed by atoms with Gasteiger partial charge in [0.1, 0.15) is 0 Å². The molecule has 0 nitrogen and oxygen atoms in total. The van der Waals surface area contributed by atoms with E-state index in [1.807, 2.05) is 6.07 Å². The Morgan fingerprint density at radius 3 is 1.67 bits per heavy atom. The van der Waals surface area contributed by atoms with Crippen molar-refractivity contribution in [3.05, 3.63) is 27.1 Å². The molecule has 1 aromatic rings. The largest absolute Gasteiger partial charge is 0.221 e. The molecule has 0 aliphatic heterocycles. The van der Waals surface area contributed by atoms with Crippen molar-refractivity contribution in [2.75, 3.05) is 18.8 Å². The predicted molar refractivity (Wildman–Crippen MR) is 65.5 cm³/mol. The predicted octanol–water partition coefficient (Wildman–Crippen LogP) is 4.26. The zero-order chi connectivity index (χ0) is 9.35. The molecule has 0 fully saturated rings. The summed E-state index contributed by atoms with van der Waals surface area (Å²) in [5.74, 6) is 0. The van der Waals surface area contributed by atoms with Gasteiger partial charge < -0.3 is 0 Å². The van der Waals surface area contributed by atoms with Crippen LogP contribution in [0.5, 0.6) is 0 Å². The van der Waals surface area contributed by atoms with Crippen LogP contribution in [0.3, 0.4) is 0 Å². The van der Waals surface area contributed by atoms with Gasteiger partial charge in [-0.1, -0.05) is 6.07 Å². The van der Waals surface area contributed by atoms with Crippen LogP contribution in [-0.2, 0) is 0 Å². The quantitative estimate of drug-likeness (QED) is 0.727. The third-order valence-corrected chi connectivity index (χ3v) is 5.04. The lowest BCUT2D eigenvalue weighted by atomic mass is 10.4. The van der Waals surface area contributed by atoms with E-state index in [0.717, 1.165) is 0 Å². The van der Waals surface area contributed by atoms with Crippen molar-refractivity contribution in [1.29, 1.82) is 0 Å². The van der Waals surface area contributed by atoms with Gasteiger partial charge in [0.25, 0.3) is 0 Å². The van der Waals surface area contributed by atoms with Crippen LogP contribution in [0.4, 0.5) is 0 Å². The highest BCUT2D eigenvalue weighted by Gasteiger charge is 2.14. The molecule has 0 atom stereocenters. The van der Waals surface area contributed by atoms with Crippen LogP contribution in [-0.4, -0.2) is 18.8 Å². The van der Waals surface area contributed by atoms with Crippen LogP contribution in [0, 0.1) is 0 Å². The van der Waals surface area contributed by atoms with Crippen molar-refractivity contribution in [2.24, 2.45) is 0 Å². The summed E-state index contributed by atoms with van der Waals surface area (Å²) in [6.45, 7) is 0. The number of hydrogen-bond donors (Lipinski definition) is 0. The van der Waals surface area contributed by atoms with E-state index < -0.39 is 10.0 Å². The summed E-state index contributed by atoms with van der Waals surface area (Å²) >= 11 is 7.15.